The van der Waals surface area contributed by atoms with Crippen molar-refractivity contribution in [2.45, 2.75) is 27.2 Å². The van der Waals surface area contributed by atoms with E-state index in [1.54, 1.807) is 6.92 Å². The smallest absolute Gasteiger partial charge is 0.130 e. The molecule has 0 rings (SSSR count). The maximum Gasteiger partial charge on any atom is 0.130 e. The number of carbonyl (C=O) groups is 1. The van der Waals surface area contributed by atoms with Crippen LogP contribution in [0.4, 0.5) is 0 Å². The number of hydrogen-bond acceptors (Lipinski definition) is 5. The van der Waals surface area contributed by atoms with Crippen LogP contribution in [0.15, 0.2) is 0 Å². The highest BCUT2D eigenvalue weighted by Gasteiger charge is 1.98. The molecular weight excluding hydrogens is 188 g/mol. The van der Waals surface area contributed by atoms with Gasteiger partial charge in [-0.3, -0.25) is 0 Å². The van der Waals surface area contributed by atoms with E-state index in [2.05, 4.69) is 0 Å². The molecule has 0 amide bonds. The minimum atomic E-state index is -4.69. The average molecular weight is 201 g/mol. The van der Waals surface area contributed by atoms with Crippen LogP contribution in [-0.2, 0) is 4.79 Å². The third-order valence-corrected chi connectivity index (χ3v) is 0.696. The predicted octanol–water partition coefficient (Wildman–Crippen LogP) is -2.50. The summed E-state index contributed by atoms with van der Waals surface area (Å²) in [4.78, 5) is 10.3. The van der Waals surface area contributed by atoms with E-state index >= 15 is 0 Å². The Bertz CT molecular complexity index is 122. The van der Waals surface area contributed by atoms with E-state index in [0.717, 1.165) is 6.42 Å². The first-order chi connectivity index (χ1) is 5.13. The fraction of sp³-hybridized carbons (Fsp3) is 0.833. The van der Waals surface area contributed by atoms with Gasteiger partial charge in [0.25, 0.3) is 0 Å². The molecule has 5 nitrogen and oxygen atoms in total. The minimum Gasteiger partial charge on any atom is -0.300 e. The lowest BCUT2D eigenvalue weighted by molar-refractivity contribution is -1.92. The van der Waals surface area contributed by atoms with Gasteiger partial charge in [-0.15, -0.1) is 0 Å². The van der Waals surface area contributed by atoms with Crippen molar-refractivity contribution < 1.29 is 33.7 Å². The molecular formula is C6H13ClO5. The van der Waals surface area contributed by atoms with Crippen molar-refractivity contribution in [1.82, 2.24) is 0 Å². The van der Waals surface area contributed by atoms with Gasteiger partial charge in [0, 0.05) is 6.42 Å². The molecule has 0 radical (unpaired) electrons. The molecule has 0 aromatic heterocycles. The van der Waals surface area contributed by atoms with Crippen LogP contribution in [0, 0.1) is 16.2 Å². The second-order valence-corrected chi connectivity index (χ2v) is 3.49. The van der Waals surface area contributed by atoms with E-state index in [9.17, 15) is 4.79 Å². The summed E-state index contributed by atoms with van der Waals surface area (Å²) in [6.45, 7) is 5.71. The largest absolute Gasteiger partial charge is 0.300 e. The summed E-state index contributed by atoms with van der Waals surface area (Å²) in [5.74, 6) is 0.813. The first kappa shape index (κ1) is 14.3. The van der Waals surface area contributed by atoms with Gasteiger partial charge in [-0.05, 0) is 12.8 Å². The minimum absolute atomic E-state index is 0.287. The summed E-state index contributed by atoms with van der Waals surface area (Å²) in [5, 5.41) is 0. The third kappa shape index (κ3) is 52.6. The third-order valence-electron chi connectivity index (χ3n) is 0.696. The van der Waals surface area contributed by atoms with Crippen molar-refractivity contribution in [2.24, 2.45) is 5.92 Å². The molecule has 0 aliphatic heterocycles. The van der Waals surface area contributed by atoms with E-state index < -0.39 is 10.2 Å². The molecule has 0 bridgehead atoms. The highest BCUT2D eigenvalue weighted by Crippen LogP contribution is 1.97. The molecule has 0 aliphatic carbocycles. The maximum absolute atomic E-state index is 10.3. The van der Waals surface area contributed by atoms with Crippen LogP contribution in [0.3, 0.4) is 0 Å². The van der Waals surface area contributed by atoms with Crippen LogP contribution >= 0.6 is 0 Å². The zero-order chi connectivity index (χ0) is 10.4. The topological polar surface area (TPSA) is 106 Å². The molecule has 0 saturated heterocycles. The molecule has 0 saturated carbocycles. The molecule has 0 aromatic rings. The van der Waals surface area contributed by atoms with Crippen molar-refractivity contribution in [1.29, 1.82) is 0 Å². The van der Waals surface area contributed by atoms with Crippen LogP contribution in [0.2, 0.25) is 0 Å². The lowest BCUT2D eigenvalue weighted by Gasteiger charge is -2.03. The maximum atomic E-state index is 10.3. The van der Waals surface area contributed by atoms with E-state index in [-0.39, 0.29) is 5.78 Å². The second kappa shape index (κ2) is 6.33. The summed E-state index contributed by atoms with van der Waals surface area (Å²) >= 11 is 0. The SMILES string of the molecule is CC(=O)CC(C)C.[O-][Cl+3]([O-])([O-])O. The molecule has 6 heteroatoms. The zero-order valence-corrected chi connectivity index (χ0v) is 8.00. The highest BCUT2D eigenvalue weighted by molar-refractivity contribution is 5.75. The number of halogens is 1. The Hall–Kier alpha value is -0.200. The van der Waals surface area contributed by atoms with Gasteiger partial charge < -0.3 is 4.79 Å². The summed E-state index contributed by atoms with van der Waals surface area (Å²) in [6, 6.07) is 0. The monoisotopic (exact) mass is 200 g/mol. The lowest BCUT2D eigenvalue weighted by Crippen LogP contribution is -2.58. The fourth-order valence-electron chi connectivity index (χ4n) is 0.575. The number of Topliss-reactive ketones (excluding diaryl/α,β-unsaturated/α-hetero) is 1. The van der Waals surface area contributed by atoms with Crippen LogP contribution in [0.1, 0.15) is 27.2 Å². The van der Waals surface area contributed by atoms with Gasteiger partial charge in [0.15, 0.2) is 0 Å². The van der Waals surface area contributed by atoms with Gasteiger partial charge in [0.05, 0.1) is 14.9 Å². The Morgan fingerprint density at radius 3 is 1.67 bits per heavy atom. The molecule has 1 N–H and O–H groups in total. The van der Waals surface area contributed by atoms with Gasteiger partial charge in [-0.25, -0.2) is 0 Å². The summed E-state index contributed by atoms with van der Waals surface area (Å²) < 4.78 is 32.7. The molecule has 12 heavy (non-hydrogen) atoms. The van der Waals surface area contributed by atoms with Crippen LogP contribution < -0.4 is 14.0 Å². The van der Waals surface area contributed by atoms with Crippen LogP contribution in [-0.4, -0.2) is 10.4 Å². The zero-order valence-electron chi connectivity index (χ0n) is 7.24. The normalized spacial score (nSPS) is 10.7. The molecule has 0 aromatic carbocycles. The Morgan fingerprint density at radius 2 is 1.67 bits per heavy atom. The van der Waals surface area contributed by atoms with E-state index in [0.29, 0.717) is 5.92 Å². The number of hydrogen-bond donors (Lipinski definition) is 1. The first-order valence-corrected chi connectivity index (χ1v) is 4.52. The summed E-state index contributed by atoms with van der Waals surface area (Å²) in [7, 11) is -4.69. The van der Waals surface area contributed by atoms with Crippen molar-refractivity contribution in [2.75, 3.05) is 0 Å². The van der Waals surface area contributed by atoms with Crippen LogP contribution in [0.25, 0.3) is 0 Å². The van der Waals surface area contributed by atoms with Gasteiger partial charge in [-0.2, -0.15) is 14.0 Å². The van der Waals surface area contributed by atoms with Crippen molar-refractivity contribution >= 4 is 5.78 Å². The van der Waals surface area contributed by atoms with E-state index in [1.165, 1.54) is 0 Å². The van der Waals surface area contributed by atoms with E-state index in [4.69, 9.17) is 18.6 Å². The molecule has 0 aliphatic rings. The van der Waals surface area contributed by atoms with Crippen LogP contribution in [0.5, 0.6) is 0 Å². The van der Waals surface area contributed by atoms with Gasteiger partial charge >= 0.3 is 0 Å². The summed E-state index contributed by atoms with van der Waals surface area (Å²) in [5.41, 5.74) is 0. The van der Waals surface area contributed by atoms with Crippen molar-refractivity contribution in [3.05, 3.63) is 0 Å². The molecule has 74 valence electrons. The van der Waals surface area contributed by atoms with Gasteiger partial charge in [0.1, 0.15) is 5.78 Å². The van der Waals surface area contributed by atoms with Gasteiger partial charge in [0.2, 0.25) is 0 Å². The number of carbonyl (C=O) groups excluding carboxylic acids is 1. The highest BCUT2D eigenvalue weighted by atomic mass is 35.7. The molecule has 0 unspecified atom stereocenters. The molecule has 0 heterocycles. The average Bonchev–Trinajstić information content (AvgIpc) is 1.52. The van der Waals surface area contributed by atoms with Crippen molar-refractivity contribution in [3.63, 3.8) is 0 Å². The summed E-state index contributed by atoms with van der Waals surface area (Å²) in [6.07, 6.45) is 0.722. The molecule has 0 spiro atoms. The Balaban J connectivity index is 0. The van der Waals surface area contributed by atoms with Gasteiger partial charge in [-0.1, -0.05) is 13.8 Å². The number of rotatable bonds is 2. The Labute approximate surface area is 73.4 Å². The predicted molar refractivity (Wildman–Crippen MR) is 32.4 cm³/mol. The first-order valence-electron chi connectivity index (χ1n) is 3.25. The second-order valence-electron chi connectivity index (χ2n) is 2.70. The van der Waals surface area contributed by atoms with E-state index in [1.807, 2.05) is 13.8 Å². The number of ketones is 1. The van der Waals surface area contributed by atoms with Crippen molar-refractivity contribution in [3.8, 4) is 0 Å². The quantitative estimate of drug-likeness (QED) is 0.530. The lowest BCUT2D eigenvalue weighted by atomic mass is 10.1. The fourth-order valence-corrected chi connectivity index (χ4v) is 0.575. The Morgan fingerprint density at radius 1 is 1.42 bits per heavy atom. The molecule has 0 fully saturated rings. The molecule has 0 atom stereocenters. The standard InChI is InChI=1S/C6H12O.ClHO4/c1-5(2)4-6(3)7;2-1(3,4)5/h5H,4H2,1-3H3;(H,2,3,4,5). The Kier molecular flexibility index (Phi) is 7.56.